The molecule has 6 nitrogen and oxygen atoms in total. The molecule has 2 rings (SSSR count). The molecule has 0 aliphatic carbocycles. The van der Waals surface area contributed by atoms with Crippen molar-refractivity contribution in [3.05, 3.63) is 42.4 Å². The smallest absolute Gasteiger partial charge is 0.283 e. The van der Waals surface area contributed by atoms with Crippen molar-refractivity contribution in [3.63, 3.8) is 0 Å². The molecule has 0 amide bonds. The minimum Gasteiger partial charge on any atom is -0.392 e. The maximum Gasteiger partial charge on any atom is 0.283 e. The van der Waals surface area contributed by atoms with E-state index in [0.717, 1.165) is 6.42 Å². The number of anilines is 1. The molecule has 0 fully saturated rings. The Kier molecular flexibility index (Phi) is 5.43. The number of nitrogens with zero attached hydrogens (tertiary/aromatic N) is 3. The summed E-state index contributed by atoms with van der Waals surface area (Å²) in [6.45, 7) is 5.98. The summed E-state index contributed by atoms with van der Waals surface area (Å²) in [7, 11) is -3.73. The maximum absolute atomic E-state index is 12.9. The van der Waals surface area contributed by atoms with Crippen molar-refractivity contribution >= 4 is 15.7 Å². The molecule has 23 heavy (non-hydrogen) atoms. The number of aromatic nitrogens is 2. The molecule has 0 bridgehead atoms. The Labute approximate surface area is 137 Å². The zero-order chi connectivity index (χ0) is 17.0. The van der Waals surface area contributed by atoms with Gasteiger partial charge in [-0.15, -0.1) is 0 Å². The summed E-state index contributed by atoms with van der Waals surface area (Å²) in [5.41, 5.74) is 1.19. The summed E-state index contributed by atoms with van der Waals surface area (Å²) in [6, 6.07) is 7.07. The summed E-state index contributed by atoms with van der Waals surface area (Å²) in [5.74, 6) is 0. The fraction of sp³-hybridized carbons (Fsp3) is 0.438. The lowest BCUT2D eigenvalue weighted by molar-refractivity contribution is 0.282. The van der Waals surface area contributed by atoms with Gasteiger partial charge in [-0.25, -0.2) is 4.98 Å². The van der Waals surface area contributed by atoms with Crippen LogP contribution in [0.25, 0.3) is 0 Å². The van der Waals surface area contributed by atoms with Gasteiger partial charge in [0, 0.05) is 18.8 Å². The Bertz CT molecular complexity index is 755. The molecule has 1 N–H and O–H groups in total. The molecule has 0 saturated carbocycles. The van der Waals surface area contributed by atoms with Gasteiger partial charge >= 0.3 is 0 Å². The molecule has 2 aromatic rings. The molecule has 1 aromatic heterocycles. The zero-order valence-electron chi connectivity index (χ0n) is 13.7. The van der Waals surface area contributed by atoms with Crippen LogP contribution in [0.15, 0.2) is 41.8 Å². The van der Waals surface area contributed by atoms with Crippen molar-refractivity contribution in [2.75, 3.05) is 10.8 Å². The first-order valence-electron chi connectivity index (χ1n) is 7.70. The summed E-state index contributed by atoms with van der Waals surface area (Å²) in [5, 5.41) is 9.28. The third-order valence-electron chi connectivity index (χ3n) is 3.90. The molecule has 1 aromatic carbocycles. The molecule has 0 aliphatic heterocycles. The number of aliphatic hydroxyl groups is 1. The molecule has 0 unspecified atom stereocenters. The van der Waals surface area contributed by atoms with E-state index < -0.39 is 10.0 Å². The van der Waals surface area contributed by atoms with Crippen LogP contribution in [0.4, 0.5) is 5.69 Å². The molecular weight excluding hydrogens is 314 g/mol. The van der Waals surface area contributed by atoms with Crippen LogP contribution < -0.4 is 4.31 Å². The Morgan fingerprint density at radius 1 is 1.35 bits per heavy atom. The first kappa shape index (κ1) is 17.5. The normalized spacial score (nSPS) is 13.0. The average Bonchev–Trinajstić information content (AvgIpc) is 3.05. The number of hydrogen-bond acceptors (Lipinski definition) is 4. The molecule has 1 atom stereocenters. The van der Waals surface area contributed by atoms with Crippen molar-refractivity contribution in [2.24, 2.45) is 0 Å². The second-order valence-corrected chi connectivity index (χ2v) is 7.22. The summed E-state index contributed by atoms with van der Waals surface area (Å²) >= 11 is 0. The van der Waals surface area contributed by atoms with Gasteiger partial charge in [0.2, 0.25) is 0 Å². The van der Waals surface area contributed by atoms with Gasteiger partial charge < -0.3 is 9.67 Å². The van der Waals surface area contributed by atoms with Gasteiger partial charge in [0.15, 0.2) is 5.03 Å². The van der Waals surface area contributed by atoms with E-state index in [1.54, 1.807) is 43.7 Å². The van der Waals surface area contributed by atoms with E-state index >= 15 is 0 Å². The second kappa shape index (κ2) is 7.14. The highest BCUT2D eigenvalue weighted by molar-refractivity contribution is 7.92. The van der Waals surface area contributed by atoms with Crippen LogP contribution in [0.2, 0.25) is 0 Å². The van der Waals surface area contributed by atoms with Gasteiger partial charge in [-0.05, 0) is 38.0 Å². The lowest BCUT2D eigenvalue weighted by atomic mass is 10.2. The quantitative estimate of drug-likeness (QED) is 0.842. The predicted octanol–water partition coefficient (Wildman–Crippen LogP) is 2.56. The van der Waals surface area contributed by atoms with Gasteiger partial charge in [0.25, 0.3) is 10.0 Å². The SMILES string of the molecule is CC[C@@H](C)n1cnc(S(=O)(=O)N(CC)c2cccc(CO)c2)c1. The van der Waals surface area contributed by atoms with Crippen LogP contribution in [0.1, 0.15) is 38.8 Å². The van der Waals surface area contributed by atoms with Gasteiger partial charge in [-0.3, -0.25) is 4.31 Å². The molecular formula is C16H23N3O3S. The topological polar surface area (TPSA) is 75.4 Å². The molecule has 0 saturated heterocycles. The fourth-order valence-electron chi connectivity index (χ4n) is 2.32. The van der Waals surface area contributed by atoms with E-state index in [-0.39, 0.29) is 24.2 Å². The largest absolute Gasteiger partial charge is 0.392 e. The Balaban J connectivity index is 2.40. The molecule has 0 spiro atoms. The predicted molar refractivity (Wildman–Crippen MR) is 89.8 cm³/mol. The van der Waals surface area contributed by atoms with Crippen LogP contribution in [0.3, 0.4) is 0 Å². The molecule has 0 radical (unpaired) electrons. The first-order valence-corrected chi connectivity index (χ1v) is 9.14. The van der Waals surface area contributed by atoms with E-state index in [2.05, 4.69) is 4.98 Å². The second-order valence-electron chi connectivity index (χ2n) is 5.41. The van der Waals surface area contributed by atoms with E-state index in [4.69, 9.17) is 0 Å². The number of benzene rings is 1. The lowest BCUT2D eigenvalue weighted by Crippen LogP contribution is -2.31. The third-order valence-corrected chi connectivity index (χ3v) is 5.69. The van der Waals surface area contributed by atoms with E-state index in [0.29, 0.717) is 11.3 Å². The molecule has 126 valence electrons. The first-order chi connectivity index (χ1) is 10.9. The standard InChI is InChI=1S/C16H23N3O3S/c1-4-13(3)18-10-16(17-12-18)23(21,22)19(5-2)15-8-6-7-14(9-15)11-20/h6-10,12-13,20H,4-5,11H2,1-3H3/t13-/m1/s1. The van der Waals surface area contributed by atoms with Crippen molar-refractivity contribution in [2.45, 2.75) is 44.9 Å². The van der Waals surface area contributed by atoms with Crippen molar-refractivity contribution in [1.29, 1.82) is 0 Å². The fourth-order valence-corrected chi connectivity index (χ4v) is 3.71. The highest BCUT2D eigenvalue weighted by Gasteiger charge is 2.26. The van der Waals surface area contributed by atoms with Crippen LogP contribution >= 0.6 is 0 Å². The molecule has 0 aliphatic rings. The number of imidazole rings is 1. The summed E-state index contributed by atoms with van der Waals surface area (Å²) < 4.78 is 28.9. The summed E-state index contributed by atoms with van der Waals surface area (Å²) in [6.07, 6.45) is 4.02. The number of aliphatic hydroxyl groups excluding tert-OH is 1. The summed E-state index contributed by atoms with van der Waals surface area (Å²) in [4.78, 5) is 4.08. The van der Waals surface area contributed by atoms with Crippen molar-refractivity contribution in [1.82, 2.24) is 9.55 Å². The maximum atomic E-state index is 12.9. The Morgan fingerprint density at radius 3 is 2.70 bits per heavy atom. The van der Waals surface area contributed by atoms with E-state index in [1.165, 1.54) is 4.31 Å². The number of rotatable bonds is 7. The molecule has 7 heteroatoms. The monoisotopic (exact) mass is 337 g/mol. The molecule has 1 heterocycles. The third kappa shape index (κ3) is 3.56. The Hall–Kier alpha value is -1.86. The van der Waals surface area contributed by atoms with E-state index in [9.17, 15) is 13.5 Å². The van der Waals surface area contributed by atoms with Crippen LogP contribution in [0, 0.1) is 0 Å². The van der Waals surface area contributed by atoms with Crippen LogP contribution in [-0.4, -0.2) is 29.6 Å². The Morgan fingerprint density at radius 2 is 2.09 bits per heavy atom. The number of hydrogen-bond donors (Lipinski definition) is 1. The van der Waals surface area contributed by atoms with Gasteiger partial charge in [-0.1, -0.05) is 19.1 Å². The number of sulfonamides is 1. The minimum atomic E-state index is -3.73. The van der Waals surface area contributed by atoms with Crippen molar-refractivity contribution < 1.29 is 13.5 Å². The minimum absolute atomic E-state index is 0.0362. The van der Waals surface area contributed by atoms with Crippen LogP contribution in [0.5, 0.6) is 0 Å². The highest BCUT2D eigenvalue weighted by atomic mass is 32.2. The zero-order valence-corrected chi connectivity index (χ0v) is 14.5. The van der Waals surface area contributed by atoms with Crippen molar-refractivity contribution in [3.8, 4) is 0 Å². The van der Waals surface area contributed by atoms with Gasteiger partial charge in [0.05, 0.1) is 18.6 Å². The lowest BCUT2D eigenvalue weighted by Gasteiger charge is -2.22. The van der Waals surface area contributed by atoms with Crippen LogP contribution in [-0.2, 0) is 16.6 Å². The average molecular weight is 337 g/mol. The highest BCUT2D eigenvalue weighted by Crippen LogP contribution is 2.24. The van der Waals surface area contributed by atoms with Gasteiger partial charge in [-0.2, -0.15) is 8.42 Å². The van der Waals surface area contributed by atoms with Gasteiger partial charge in [0.1, 0.15) is 0 Å². The van der Waals surface area contributed by atoms with E-state index in [1.807, 2.05) is 18.4 Å².